The molecule has 1 rings (SSSR count). The molecule has 14 heavy (non-hydrogen) atoms. The van der Waals surface area contributed by atoms with Gasteiger partial charge >= 0.3 is 11.7 Å². The Morgan fingerprint density at radius 1 is 1.57 bits per heavy atom. The van der Waals surface area contributed by atoms with Gasteiger partial charge in [0.15, 0.2) is 0 Å². The summed E-state index contributed by atoms with van der Waals surface area (Å²) < 4.78 is 0.864. The summed E-state index contributed by atoms with van der Waals surface area (Å²) in [5.74, 6) is -1.05. The molecule has 0 aromatic carbocycles. The zero-order valence-corrected chi connectivity index (χ0v) is 7.19. The Hall–Kier alpha value is -1.89. The number of aliphatic carboxylic acids is 1. The Labute approximate surface area is 78.0 Å². The van der Waals surface area contributed by atoms with Gasteiger partial charge in [0.2, 0.25) is 0 Å². The van der Waals surface area contributed by atoms with Gasteiger partial charge in [0.1, 0.15) is 0 Å². The zero-order chi connectivity index (χ0) is 10.6. The third-order valence-electron chi connectivity index (χ3n) is 1.49. The van der Waals surface area contributed by atoms with Gasteiger partial charge in [0.05, 0.1) is 13.2 Å². The van der Waals surface area contributed by atoms with Gasteiger partial charge in [-0.05, 0) is 0 Å². The Morgan fingerprint density at radius 3 is 2.86 bits per heavy atom. The van der Waals surface area contributed by atoms with E-state index in [2.05, 4.69) is 10.3 Å². The van der Waals surface area contributed by atoms with Crippen LogP contribution in [0.25, 0.3) is 0 Å². The van der Waals surface area contributed by atoms with Crippen molar-refractivity contribution in [3.63, 3.8) is 0 Å². The summed E-state index contributed by atoms with van der Waals surface area (Å²) in [6.07, 6.45) is 1.23. The van der Waals surface area contributed by atoms with Gasteiger partial charge in [0, 0.05) is 12.3 Å². The summed E-state index contributed by atoms with van der Waals surface area (Å²) in [6.45, 7) is -0.428. The van der Waals surface area contributed by atoms with Crippen LogP contribution in [0.15, 0.2) is 21.9 Å². The van der Waals surface area contributed by atoms with Crippen LogP contribution in [0.1, 0.15) is 0 Å². The molecule has 0 amide bonds. The maximum Gasteiger partial charge on any atom is 0.329 e. The van der Waals surface area contributed by atoms with E-state index in [-0.39, 0.29) is 13.2 Å². The molecule has 3 N–H and O–H groups in total. The first-order valence-electron chi connectivity index (χ1n) is 3.82. The molecule has 0 saturated carbocycles. The minimum Gasteiger partial charge on any atom is -0.480 e. The summed E-state index contributed by atoms with van der Waals surface area (Å²) in [5, 5.41) is 10.7. The molecule has 0 spiro atoms. The summed E-state index contributed by atoms with van der Waals surface area (Å²) in [5.41, 5.74) is -1.05. The molecule has 7 heteroatoms. The predicted molar refractivity (Wildman–Crippen MR) is 47.0 cm³/mol. The molecule has 1 heterocycles. The first-order valence-corrected chi connectivity index (χ1v) is 3.82. The van der Waals surface area contributed by atoms with Crippen molar-refractivity contribution >= 4 is 5.97 Å². The van der Waals surface area contributed by atoms with E-state index in [1.54, 1.807) is 0 Å². The first-order chi connectivity index (χ1) is 6.61. The third-order valence-corrected chi connectivity index (χ3v) is 1.49. The molecule has 1 aromatic heterocycles. The lowest BCUT2D eigenvalue weighted by Crippen LogP contribution is -2.39. The summed E-state index contributed by atoms with van der Waals surface area (Å²) in [7, 11) is 0. The van der Waals surface area contributed by atoms with Crippen LogP contribution in [0.4, 0.5) is 0 Å². The second-order valence-electron chi connectivity index (χ2n) is 2.53. The van der Waals surface area contributed by atoms with Crippen LogP contribution in [0.2, 0.25) is 0 Å². The molecule has 76 valence electrons. The fourth-order valence-corrected chi connectivity index (χ4v) is 0.877. The average Bonchev–Trinajstić information content (AvgIpc) is 2.09. The van der Waals surface area contributed by atoms with E-state index in [9.17, 15) is 14.4 Å². The molecule has 0 fully saturated rings. The van der Waals surface area contributed by atoms with Crippen LogP contribution in [-0.4, -0.2) is 27.2 Å². The molecule has 7 nitrogen and oxygen atoms in total. The van der Waals surface area contributed by atoms with Crippen molar-refractivity contribution < 1.29 is 9.90 Å². The van der Waals surface area contributed by atoms with Crippen LogP contribution in [0.3, 0.4) is 0 Å². The second kappa shape index (κ2) is 4.38. The number of carbonyl (C=O) groups is 1. The number of hydrogen-bond donors (Lipinski definition) is 3. The Balaban J connectivity index is 2.72. The monoisotopic (exact) mass is 199 g/mol. The van der Waals surface area contributed by atoms with Crippen LogP contribution in [-0.2, 0) is 11.5 Å². The number of aromatic amines is 1. The highest BCUT2D eigenvalue weighted by atomic mass is 16.4. The zero-order valence-electron chi connectivity index (χ0n) is 7.19. The van der Waals surface area contributed by atoms with E-state index in [0.717, 1.165) is 4.57 Å². The van der Waals surface area contributed by atoms with Gasteiger partial charge in [-0.15, -0.1) is 0 Å². The smallest absolute Gasteiger partial charge is 0.329 e. The van der Waals surface area contributed by atoms with E-state index < -0.39 is 17.2 Å². The van der Waals surface area contributed by atoms with Crippen molar-refractivity contribution in [2.75, 3.05) is 6.54 Å². The van der Waals surface area contributed by atoms with Gasteiger partial charge in [-0.1, -0.05) is 0 Å². The van der Waals surface area contributed by atoms with Gasteiger partial charge in [0.25, 0.3) is 5.56 Å². The summed E-state index contributed by atoms with van der Waals surface area (Å²) >= 11 is 0. The number of nitrogens with one attached hydrogen (secondary N) is 2. The molecular weight excluding hydrogens is 190 g/mol. The molecule has 0 radical (unpaired) electrons. The molecule has 0 unspecified atom stereocenters. The minimum absolute atomic E-state index is 0.124. The molecule has 0 bridgehead atoms. The van der Waals surface area contributed by atoms with Crippen molar-refractivity contribution in [2.24, 2.45) is 0 Å². The maximum absolute atomic E-state index is 11.1. The van der Waals surface area contributed by atoms with Crippen molar-refractivity contribution in [1.29, 1.82) is 0 Å². The number of nitrogens with zero attached hydrogens (tertiary/aromatic N) is 1. The quantitative estimate of drug-likeness (QED) is 0.529. The molecule has 1 aromatic rings. The molecule has 0 atom stereocenters. The fraction of sp³-hybridized carbons (Fsp3) is 0.286. The molecular formula is C7H9N3O4. The van der Waals surface area contributed by atoms with Crippen LogP contribution < -0.4 is 16.6 Å². The molecule has 0 aliphatic carbocycles. The van der Waals surface area contributed by atoms with Crippen LogP contribution in [0, 0.1) is 0 Å². The van der Waals surface area contributed by atoms with Crippen LogP contribution in [0.5, 0.6) is 0 Å². The van der Waals surface area contributed by atoms with Gasteiger partial charge in [-0.3, -0.25) is 14.9 Å². The number of H-pyrrole nitrogens is 1. The summed E-state index contributed by atoms with van der Waals surface area (Å²) in [6, 6.07) is 1.18. The Kier molecular flexibility index (Phi) is 3.19. The van der Waals surface area contributed by atoms with Gasteiger partial charge < -0.3 is 10.1 Å². The van der Waals surface area contributed by atoms with Gasteiger partial charge in [-0.25, -0.2) is 9.36 Å². The number of aromatic nitrogens is 2. The standard InChI is InChI=1S/C7H9N3O4/c11-5-1-2-9-7(14)10(5)4-8-3-6(12)13/h1-2,8H,3-4H2,(H,9,14)(H,12,13). The SMILES string of the molecule is O=C(O)CNCn1c(=O)cc[nH]c1=O. The lowest BCUT2D eigenvalue weighted by molar-refractivity contribution is -0.136. The minimum atomic E-state index is -1.05. The highest BCUT2D eigenvalue weighted by Gasteiger charge is 2.00. The fourth-order valence-electron chi connectivity index (χ4n) is 0.877. The Morgan fingerprint density at radius 2 is 2.29 bits per heavy atom. The highest BCUT2D eigenvalue weighted by molar-refractivity contribution is 5.68. The average molecular weight is 199 g/mol. The van der Waals surface area contributed by atoms with Crippen molar-refractivity contribution in [3.8, 4) is 0 Å². The predicted octanol–water partition coefficient (Wildman–Crippen LogP) is -1.83. The van der Waals surface area contributed by atoms with E-state index in [1.807, 2.05) is 0 Å². The van der Waals surface area contributed by atoms with E-state index in [0.29, 0.717) is 0 Å². The van der Waals surface area contributed by atoms with E-state index in [4.69, 9.17) is 5.11 Å². The first kappa shape index (κ1) is 10.2. The molecule has 0 saturated heterocycles. The largest absolute Gasteiger partial charge is 0.480 e. The number of carboxylic acids is 1. The Bertz CT molecular complexity index is 405. The third kappa shape index (κ3) is 2.56. The van der Waals surface area contributed by atoms with E-state index >= 15 is 0 Å². The van der Waals surface area contributed by atoms with E-state index in [1.165, 1.54) is 12.3 Å². The molecule has 0 aliphatic heterocycles. The maximum atomic E-state index is 11.1. The topological polar surface area (TPSA) is 104 Å². The lowest BCUT2D eigenvalue weighted by Gasteiger charge is -2.02. The summed E-state index contributed by atoms with van der Waals surface area (Å²) in [4.78, 5) is 34.5. The van der Waals surface area contributed by atoms with Crippen molar-refractivity contribution in [2.45, 2.75) is 6.67 Å². The van der Waals surface area contributed by atoms with Crippen molar-refractivity contribution in [3.05, 3.63) is 33.1 Å². The normalized spacial score (nSPS) is 10.0. The number of rotatable bonds is 4. The van der Waals surface area contributed by atoms with Crippen molar-refractivity contribution in [1.82, 2.24) is 14.9 Å². The number of hydrogen-bond acceptors (Lipinski definition) is 4. The second-order valence-corrected chi connectivity index (χ2v) is 2.53. The molecule has 0 aliphatic rings. The van der Waals surface area contributed by atoms with Crippen LogP contribution >= 0.6 is 0 Å². The number of carboxylic acid groups (broad SMARTS) is 1. The highest BCUT2D eigenvalue weighted by Crippen LogP contribution is 1.68. The lowest BCUT2D eigenvalue weighted by atomic mass is 10.6. The van der Waals surface area contributed by atoms with Gasteiger partial charge in [-0.2, -0.15) is 0 Å².